The first-order chi connectivity index (χ1) is 12.2. The Balaban J connectivity index is 1.71. The molecule has 1 N–H and O–H groups in total. The van der Waals surface area contributed by atoms with Gasteiger partial charge in [-0.2, -0.15) is 0 Å². The summed E-state index contributed by atoms with van der Waals surface area (Å²) in [5.41, 5.74) is 1.30. The molecule has 25 heavy (non-hydrogen) atoms. The van der Waals surface area contributed by atoms with Gasteiger partial charge < -0.3 is 24.4 Å². The highest BCUT2D eigenvalue weighted by Gasteiger charge is 2.26. The van der Waals surface area contributed by atoms with Gasteiger partial charge in [-0.15, -0.1) is 0 Å². The third kappa shape index (κ3) is 3.33. The number of carbonyl (C=O) groups is 1. The molecule has 0 spiro atoms. The topological polar surface area (TPSA) is 62.2 Å². The van der Waals surface area contributed by atoms with Crippen LogP contribution in [-0.4, -0.2) is 56.3 Å². The highest BCUT2D eigenvalue weighted by atomic mass is 16.5. The number of aromatic hydroxyl groups is 1. The van der Waals surface area contributed by atoms with Crippen molar-refractivity contribution in [2.45, 2.75) is 0 Å². The summed E-state index contributed by atoms with van der Waals surface area (Å²) >= 11 is 0. The van der Waals surface area contributed by atoms with Crippen molar-refractivity contribution in [1.29, 1.82) is 0 Å². The van der Waals surface area contributed by atoms with Crippen LogP contribution in [0, 0.1) is 0 Å². The number of carbonyl (C=O) groups excluding carboxylic acids is 1. The van der Waals surface area contributed by atoms with Gasteiger partial charge in [0.05, 0.1) is 25.5 Å². The smallest absolute Gasteiger partial charge is 0.257 e. The maximum atomic E-state index is 12.7. The Morgan fingerprint density at radius 1 is 0.920 bits per heavy atom. The van der Waals surface area contributed by atoms with E-state index in [2.05, 4.69) is 4.90 Å². The predicted octanol–water partition coefficient (Wildman–Crippen LogP) is 2.37. The molecular weight excluding hydrogens is 320 g/mol. The molecular formula is C19H22N2O4. The number of hydrogen-bond acceptors (Lipinski definition) is 5. The van der Waals surface area contributed by atoms with Gasteiger partial charge in [-0.3, -0.25) is 4.79 Å². The number of amides is 1. The molecule has 0 aliphatic carbocycles. The fraction of sp³-hybridized carbons (Fsp3) is 0.316. The third-order valence-corrected chi connectivity index (χ3v) is 4.44. The minimum Gasteiger partial charge on any atom is -0.504 e. The molecule has 2 aromatic rings. The molecule has 1 fully saturated rings. The monoisotopic (exact) mass is 342 g/mol. The Labute approximate surface area is 147 Å². The van der Waals surface area contributed by atoms with Crippen LogP contribution in [-0.2, 0) is 0 Å². The first-order valence-corrected chi connectivity index (χ1v) is 8.19. The Hall–Kier alpha value is -2.89. The Morgan fingerprint density at radius 3 is 2.24 bits per heavy atom. The van der Waals surface area contributed by atoms with Crippen molar-refractivity contribution in [2.24, 2.45) is 0 Å². The van der Waals surface area contributed by atoms with Crippen LogP contribution in [0.3, 0.4) is 0 Å². The van der Waals surface area contributed by atoms with Crippen molar-refractivity contribution in [3.63, 3.8) is 0 Å². The van der Waals surface area contributed by atoms with Crippen molar-refractivity contribution < 1.29 is 19.4 Å². The lowest BCUT2D eigenvalue weighted by Gasteiger charge is -2.36. The van der Waals surface area contributed by atoms with Crippen LogP contribution in [0.25, 0.3) is 0 Å². The molecule has 0 unspecified atom stereocenters. The number of phenolic OH excluding ortho intramolecular Hbond substituents is 1. The molecule has 1 amide bonds. The first-order valence-electron chi connectivity index (χ1n) is 8.19. The van der Waals surface area contributed by atoms with Gasteiger partial charge in [-0.05, 0) is 24.3 Å². The number of piperazine rings is 1. The number of hydrogen-bond donors (Lipinski definition) is 1. The van der Waals surface area contributed by atoms with E-state index in [0.717, 1.165) is 11.4 Å². The summed E-state index contributed by atoms with van der Waals surface area (Å²) < 4.78 is 10.5. The quantitative estimate of drug-likeness (QED) is 0.924. The molecule has 0 bridgehead atoms. The average molecular weight is 342 g/mol. The maximum Gasteiger partial charge on any atom is 0.257 e. The van der Waals surface area contributed by atoms with E-state index in [1.54, 1.807) is 30.2 Å². The van der Waals surface area contributed by atoms with E-state index in [4.69, 9.17) is 9.47 Å². The van der Waals surface area contributed by atoms with Crippen LogP contribution in [0.5, 0.6) is 17.2 Å². The van der Waals surface area contributed by atoms with E-state index in [-0.39, 0.29) is 17.2 Å². The van der Waals surface area contributed by atoms with Crippen LogP contribution in [0.2, 0.25) is 0 Å². The van der Waals surface area contributed by atoms with Crippen molar-refractivity contribution in [1.82, 2.24) is 4.90 Å². The highest BCUT2D eigenvalue weighted by molar-refractivity contribution is 5.97. The molecule has 0 aromatic heterocycles. The molecule has 2 aromatic carbocycles. The lowest BCUT2D eigenvalue weighted by Crippen LogP contribution is -2.48. The van der Waals surface area contributed by atoms with E-state index >= 15 is 0 Å². The van der Waals surface area contributed by atoms with Gasteiger partial charge in [0.2, 0.25) is 0 Å². The number of benzene rings is 2. The molecule has 0 atom stereocenters. The van der Waals surface area contributed by atoms with Crippen LogP contribution < -0.4 is 14.4 Å². The molecule has 1 heterocycles. The molecule has 132 valence electrons. The molecule has 1 saturated heterocycles. The van der Waals surface area contributed by atoms with Crippen LogP contribution in [0.4, 0.5) is 5.69 Å². The number of phenols is 1. The Kier molecular flexibility index (Phi) is 4.97. The van der Waals surface area contributed by atoms with Gasteiger partial charge in [0.15, 0.2) is 11.5 Å². The molecule has 0 radical (unpaired) electrons. The average Bonchev–Trinajstić information content (AvgIpc) is 2.67. The summed E-state index contributed by atoms with van der Waals surface area (Å²) in [6.07, 6.45) is 0. The molecule has 1 aliphatic rings. The summed E-state index contributed by atoms with van der Waals surface area (Å²) in [5, 5.41) is 10.2. The van der Waals surface area contributed by atoms with Gasteiger partial charge in [-0.1, -0.05) is 18.2 Å². The van der Waals surface area contributed by atoms with E-state index in [1.165, 1.54) is 7.11 Å². The van der Waals surface area contributed by atoms with E-state index < -0.39 is 0 Å². The van der Waals surface area contributed by atoms with Gasteiger partial charge in [0.1, 0.15) is 5.75 Å². The molecule has 0 saturated carbocycles. The molecule has 6 heteroatoms. The third-order valence-electron chi connectivity index (χ3n) is 4.44. The number of rotatable bonds is 4. The summed E-state index contributed by atoms with van der Waals surface area (Å²) in [5.74, 6) is 0.837. The lowest BCUT2D eigenvalue weighted by atomic mass is 10.1. The number of nitrogens with zero attached hydrogens (tertiary/aromatic N) is 2. The van der Waals surface area contributed by atoms with Crippen molar-refractivity contribution in [3.8, 4) is 17.2 Å². The lowest BCUT2D eigenvalue weighted by molar-refractivity contribution is 0.0743. The van der Waals surface area contributed by atoms with E-state index in [9.17, 15) is 9.90 Å². The summed E-state index contributed by atoms with van der Waals surface area (Å²) in [4.78, 5) is 16.7. The normalized spacial score (nSPS) is 14.3. The Bertz CT molecular complexity index is 755. The van der Waals surface area contributed by atoms with Crippen LogP contribution in [0.15, 0.2) is 42.5 Å². The largest absolute Gasteiger partial charge is 0.504 e. The van der Waals surface area contributed by atoms with Gasteiger partial charge in [0.25, 0.3) is 5.91 Å². The predicted molar refractivity (Wildman–Crippen MR) is 95.8 cm³/mol. The number of para-hydroxylation sites is 3. The summed E-state index contributed by atoms with van der Waals surface area (Å²) in [6.45, 7) is 2.56. The molecule has 1 aliphatic heterocycles. The second kappa shape index (κ2) is 7.34. The van der Waals surface area contributed by atoms with E-state index in [1.807, 2.05) is 24.3 Å². The zero-order chi connectivity index (χ0) is 17.8. The second-order valence-electron chi connectivity index (χ2n) is 5.81. The fourth-order valence-corrected chi connectivity index (χ4v) is 3.07. The van der Waals surface area contributed by atoms with Crippen molar-refractivity contribution >= 4 is 11.6 Å². The number of anilines is 1. The minimum atomic E-state index is -0.184. The SMILES string of the molecule is COc1ccccc1N1CCN(C(=O)c2cccc(OC)c2O)CC1. The highest BCUT2D eigenvalue weighted by Crippen LogP contribution is 2.31. The standard InChI is InChI=1S/C19H22N2O4/c1-24-16-8-4-3-7-15(16)20-10-12-21(13-11-20)19(23)14-6-5-9-17(25-2)18(14)22/h3-9,22H,10-13H2,1-2H3. The van der Waals surface area contributed by atoms with Crippen molar-refractivity contribution in [2.75, 3.05) is 45.3 Å². The fourth-order valence-electron chi connectivity index (χ4n) is 3.07. The number of ether oxygens (including phenoxy) is 2. The zero-order valence-electron chi connectivity index (χ0n) is 14.4. The number of methoxy groups -OCH3 is 2. The van der Waals surface area contributed by atoms with Gasteiger partial charge in [0, 0.05) is 26.2 Å². The second-order valence-corrected chi connectivity index (χ2v) is 5.81. The maximum absolute atomic E-state index is 12.7. The van der Waals surface area contributed by atoms with Gasteiger partial charge in [-0.25, -0.2) is 0 Å². The van der Waals surface area contributed by atoms with Crippen molar-refractivity contribution in [3.05, 3.63) is 48.0 Å². The zero-order valence-corrected chi connectivity index (χ0v) is 14.4. The minimum absolute atomic E-state index is 0.109. The van der Waals surface area contributed by atoms with Crippen LogP contribution >= 0.6 is 0 Å². The molecule has 3 rings (SSSR count). The summed E-state index contributed by atoms with van der Waals surface area (Å²) in [7, 11) is 3.12. The Morgan fingerprint density at radius 2 is 1.56 bits per heavy atom. The van der Waals surface area contributed by atoms with E-state index in [0.29, 0.717) is 31.9 Å². The summed E-state index contributed by atoms with van der Waals surface area (Å²) in [6, 6.07) is 12.8. The molecule has 6 nitrogen and oxygen atoms in total. The van der Waals surface area contributed by atoms with Crippen LogP contribution in [0.1, 0.15) is 10.4 Å². The van der Waals surface area contributed by atoms with Gasteiger partial charge >= 0.3 is 0 Å². The first kappa shape index (κ1) is 17.0.